The van der Waals surface area contributed by atoms with Crippen molar-refractivity contribution < 1.29 is 18.0 Å². The summed E-state index contributed by atoms with van der Waals surface area (Å²) in [5.41, 5.74) is 5.67. The highest BCUT2D eigenvalue weighted by Gasteiger charge is 2.36. The van der Waals surface area contributed by atoms with Crippen LogP contribution in [0.2, 0.25) is 0 Å². The predicted octanol–water partition coefficient (Wildman–Crippen LogP) is 5.86. The highest BCUT2D eigenvalue weighted by atomic mass is 32.1. The van der Waals surface area contributed by atoms with Crippen LogP contribution in [0.5, 0.6) is 0 Å². The number of anilines is 1. The van der Waals surface area contributed by atoms with E-state index in [9.17, 15) is 18.0 Å². The highest BCUT2D eigenvalue weighted by molar-refractivity contribution is 7.22. The average molecular weight is 404 g/mol. The third kappa shape index (κ3) is 3.11. The summed E-state index contributed by atoms with van der Waals surface area (Å²) in [5.74, 6) is -0.389. The van der Waals surface area contributed by atoms with Crippen molar-refractivity contribution in [1.82, 2.24) is 4.98 Å². The number of ketones is 1. The lowest BCUT2D eigenvalue weighted by molar-refractivity contribution is -0.136. The Kier molecular flexibility index (Phi) is 4.24. The molecule has 0 saturated heterocycles. The molecule has 0 amide bonds. The Morgan fingerprint density at radius 2 is 1.81 bits per heavy atom. The van der Waals surface area contributed by atoms with Gasteiger partial charge in [0, 0.05) is 10.9 Å². The van der Waals surface area contributed by atoms with Crippen molar-refractivity contribution in [2.24, 2.45) is 0 Å². The van der Waals surface area contributed by atoms with E-state index >= 15 is 0 Å². The van der Waals surface area contributed by atoms with E-state index in [0.717, 1.165) is 17.4 Å². The lowest BCUT2D eigenvalue weighted by Gasteiger charge is -2.11. The van der Waals surface area contributed by atoms with Gasteiger partial charge in [-0.1, -0.05) is 36.4 Å². The van der Waals surface area contributed by atoms with E-state index in [1.165, 1.54) is 11.3 Å². The number of hydrogen-bond acceptors (Lipinski definition) is 5. The summed E-state index contributed by atoms with van der Waals surface area (Å²) in [5, 5.41) is 1.51. The first kappa shape index (κ1) is 17.7. The second-order valence-corrected chi connectivity index (χ2v) is 7.70. The van der Waals surface area contributed by atoms with Crippen LogP contribution in [-0.4, -0.2) is 10.8 Å². The number of nitrogen functional groups attached to an aromatic ring is 1. The number of fused-ring (bicyclic) bond motifs is 1. The van der Waals surface area contributed by atoms with Crippen molar-refractivity contribution in [2.45, 2.75) is 6.18 Å². The second-order valence-electron chi connectivity index (χ2n) is 5.75. The van der Waals surface area contributed by atoms with Crippen molar-refractivity contribution >= 4 is 44.4 Å². The molecule has 4 rings (SSSR count). The number of rotatable bonds is 3. The van der Waals surface area contributed by atoms with Crippen LogP contribution in [0.4, 0.5) is 18.9 Å². The Hall–Kier alpha value is -2.71. The van der Waals surface area contributed by atoms with E-state index in [0.29, 0.717) is 10.4 Å². The average Bonchev–Trinajstić information content (AvgIpc) is 3.29. The van der Waals surface area contributed by atoms with Gasteiger partial charge in [0.1, 0.15) is 9.71 Å². The van der Waals surface area contributed by atoms with Crippen LogP contribution in [0.15, 0.2) is 53.9 Å². The minimum atomic E-state index is -4.62. The molecule has 0 aliphatic heterocycles. The number of halogens is 3. The SMILES string of the molecule is Nc1c(C(=O)c2cccs2)sc2nc(-c3ccccc3)cc(C(F)(F)F)c12. The standard InChI is InChI=1S/C19H11F3N2OS2/c20-19(21,22)11-9-12(10-5-2-1-3-6-10)24-18-14(11)15(23)17(27-18)16(25)13-7-4-8-26-13/h1-9H,23H2. The van der Waals surface area contributed by atoms with E-state index in [-0.39, 0.29) is 32.3 Å². The normalized spacial score (nSPS) is 11.8. The van der Waals surface area contributed by atoms with Crippen LogP contribution in [0.25, 0.3) is 21.5 Å². The molecule has 0 bridgehead atoms. The minimum absolute atomic E-state index is 0.0793. The van der Waals surface area contributed by atoms with E-state index in [1.807, 2.05) is 0 Å². The van der Waals surface area contributed by atoms with Gasteiger partial charge in [-0.2, -0.15) is 13.2 Å². The molecule has 3 nitrogen and oxygen atoms in total. The van der Waals surface area contributed by atoms with Gasteiger partial charge < -0.3 is 5.73 Å². The minimum Gasteiger partial charge on any atom is -0.397 e. The predicted molar refractivity (Wildman–Crippen MR) is 102 cm³/mol. The molecule has 8 heteroatoms. The number of benzene rings is 1. The van der Waals surface area contributed by atoms with Crippen LogP contribution < -0.4 is 5.73 Å². The van der Waals surface area contributed by atoms with Crippen LogP contribution in [0, 0.1) is 0 Å². The topological polar surface area (TPSA) is 56.0 Å². The fourth-order valence-corrected chi connectivity index (χ4v) is 4.60. The fraction of sp³-hybridized carbons (Fsp3) is 0.0526. The molecule has 0 aliphatic rings. The Labute approximate surface area is 159 Å². The zero-order valence-electron chi connectivity index (χ0n) is 13.6. The van der Waals surface area contributed by atoms with Gasteiger partial charge in [0.15, 0.2) is 0 Å². The van der Waals surface area contributed by atoms with Crippen LogP contribution in [0.3, 0.4) is 0 Å². The molecule has 3 heterocycles. The summed E-state index contributed by atoms with van der Waals surface area (Å²) in [6.07, 6.45) is -4.62. The monoisotopic (exact) mass is 404 g/mol. The first-order chi connectivity index (χ1) is 12.9. The number of alkyl halides is 3. The van der Waals surface area contributed by atoms with Crippen molar-refractivity contribution in [3.63, 3.8) is 0 Å². The maximum atomic E-state index is 13.7. The van der Waals surface area contributed by atoms with Crippen molar-refractivity contribution in [2.75, 3.05) is 5.73 Å². The van der Waals surface area contributed by atoms with Crippen LogP contribution in [0.1, 0.15) is 20.1 Å². The van der Waals surface area contributed by atoms with Gasteiger partial charge in [0.05, 0.1) is 21.8 Å². The van der Waals surface area contributed by atoms with Gasteiger partial charge in [-0.15, -0.1) is 22.7 Å². The Bertz CT molecular complexity index is 1130. The third-order valence-electron chi connectivity index (χ3n) is 4.03. The number of nitrogens with zero attached hydrogens (tertiary/aromatic N) is 1. The van der Waals surface area contributed by atoms with E-state index in [2.05, 4.69) is 4.98 Å². The highest BCUT2D eigenvalue weighted by Crippen LogP contribution is 2.44. The van der Waals surface area contributed by atoms with Crippen molar-refractivity contribution in [3.8, 4) is 11.3 Å². The number of hydrogen-bond donors (Lipinski definition) is 1. The van der Waals surface area contributed by atoms with Gasteiger partial charge in [0.25, 0.3) is 0 Å². The third-order valence-corrected chi connectivity index (χ3v) is 5.99. The smallest absolute Gasteiger partial charge is 0.397 e. The molecule has 0 saturated carbocycles. The summed E-state index contributed by atoms with van der Waals surface area (Å²) in [6, 6.07) is 12.9. The van der Waals surface area contributed by atoms with E-state index < -0.39 is 11.7 Å². The van der Waals surface area contributed by atoms with Gasteiger partial charge in [-0.05, 0) is 17.5 Å². The number of nitrogens with two attached hydrogens (primary N) is 1. The molecule has 1 aromatic carbocycles. The molecule has 4 aromatic rings. The lowest BCUT2D eigenvalue weighted by atomic mass is 10.0. The molecule has 2 N–H and O–H groups in total. The number of thiophene rings is 2. The van der Waals surface area contributed by atoms with Gasteiger partial charge >= 0.3 is 6.18 Å². The number of carbonyl (C=O) groups excluding carboxylic acids is 1. The summed E-state index contributed by atoms with van der Waals surface area (Å²) < 4.78 is 41.1. The number of pyridine rings is 1. The molecule has 0 spiro atoms. The Morgan fingerprint density at radius 3 is 2.44 bits per heavy atom. The molecule has 27 heavy (non-hydrogen) atoms. The zero-order valence-corrected chi connectivity index (χ0v) is 15.2. The maximum absolute atomic E-state index is 13.7. The quantitative estimate of drug-likeness (QED) is 0.435. The van der Waals surface area contributed by atoms with Gasteiger partial charge in [-0.3, -0.25) is 4.79 Å². The molecular weight excluding hydrogens is 393 g/mol. The molecule has 0 radical (unpaired) electrons. The molecule has 3 aromatic heterocycles. The Balaban J connectivity index is 1.98. The second kappa shape index (κ2) is 6.47. The molecule has 0 aliphatic carbocycles. The summed E-state index contributed by atoms with van der Waals surface area (Å²) in [6.45, 7) is 0. The molecule has 0 fully saturated rings. The van der Waals surface area contributed by atoms with Crippen molar-refractivity contribution in [1.29, 1.82) is 0 Å². The summed E-state index contributed by atoms with van der Waals surface area (Å²) >= 11 is 2.10. The van der Waals surface area contributed by atoms with Crippen LogP contribution >= 0.6 is 22.7 Å². The number of aromatic nitrogens is 1. The maximum Gasteiger partial charge on any atom is 0.417 e. The first-order valence-electron chi connectivity index (χ1n) is 7.80. The lowest BCUT2D eigenvalue weighted by Crippen LogP contribution is -2.08. The molecule has 0 atom stereocenters. The fourth-order valence-electron chi connectivity index (χ4n) is 2.79. The molecular formula is C19H11F3N2OS2. The largest absolute Gasteiger partial charge is 0.417 e. The first-order valence-corrected chi connectivity index (χ1v) is 9.49. The summed E-state index contributed by atoms with van der Waals surface area (Å²) in [4.78, 5) is 17.6. The van der Waals surface area contributed by atoms with Gasteiger partial charge in [0.2, 0.25) is 5.78 Å². The van der Waals surface area contributed by atoms with E-state index in [4.69, 9.17) is 5.73 Å². The zero-order chi connectivity index (χ0) is 19.2. The van der Waals surface area contributed by atoms with E-state index in [1.54, 1.807) is 47.8 Å². The Morgan fingerprint density at radius 1 is 1.07 bits per heavy atom. The summed E-state index contributed by atoms with van der Waals surface area (Å²) in [7, 11) is 0. The van der Waals surface area contributed by atoms with Crippen molar-refractivity contribution in [3.05, 3.63) is 69.2 Å². The molecule has 0 unspecified atom stereocenters. The number of carbonyl (C=O) groups is 1. The van der Waals surface area contributed by atoms with Gasteiger partial charge in [-0.25, -0.2) is 4.98 Å². The molecule has 136 valence electrons. The van der Waals surface area contributed by atoms with Crippen LogP contribution in [-0.2, 0) is 6.18 Å².